The summed E-state index contributed by atoms with van der Waals surface area (Å²) in [7, 11) is -5.96. The highest BCUT2D eigenvalue weighted by molar-refractivity contribution is 7.89. The molecule has 3 aromatic rings. The minimum Gasteiger partial charge on any atom is -0.497 e. The number of ether oxygens (including phenoxy) is 5. The number of hydrogen-bond acceptors (Lipinski definition) is 13. The molecule has 2 saturated heterocycles. The predicted octanol–water partition coefficient (Wildman–Crippen LogP) is 5.79. The van der Waals surface area contributed by atoms with E-state index in [0.29, 0.717) is 35.7 Å². The van der Waals surface area contributed by atoms with E-state index >= 15 is 0 Å². The molecule has 0 spiro atoms. The lowest BCUT2D eigenvalue weighted by Gasteiger charge is -2.31. The van der Waals surface area contributed by atoms with E-state index in [4.69, 9.17) is 37.8 Å². The summed E-state index contributed by atoms with van der Waals surface area (Å²) in [5, 5.41) is 22.8. The molecule has 16 nitrogen and oxygen atoms in total. The lowest BCUT2D eigenvalue weighted by Crippen LogP contribution is -2.51. The summed E-state index contributed by atoms with van der Waals surface area (Å²) in [6.45, 7) is 8.14. The van der Waals surface area contributed by atoms with Crippen LogP contribution in [0.5, 0.6) is 11.5 Å². The molecule has 3 aromatic carbocycles. The van der Waals surface area contributed by atoms with E-state index in [0.717, 1.165) is 0 Å². The van der Waals surface area contributed by atoms with Gasteiger partial charge in [0.25, 0.3) is 0 Å². The van der Waals surface area contributed by atoms with Crippen LogP contribution in [0.3, 0.4) is 0 Å². The van der Waals surface area contributed by atoms with Gasteiger partial charge >= 0.3 is 19.7 Å². The Labute approximate surface area is 340 Å². The van der Waals surface area contributed by atoms with Crippen LogP contribution in [0.2, 0.25) is 0 Å². The number of sulfonamides is 1. The summed E-state index contributed by atoms with van der Waals surface area (Å²) in [5.74, 6) is -0.103. The summed E-state index contributed by atoms with van der Waals surface area (Å²) in [6.07, 6.45) is -2.47. The Morgan fingerprint density at radius 2 is 1.57 bits per heavy atom. The van der Waals surface area contributed by atoms with Gasteiger partial charge in [0, 0.05) is 13.1 Å². The first-order valence-electron chi connectivity index (χ1n) is 19.1. The number of alkyl carbamates (subject to hydrolysis) is 1. The van der Waals surface area contributed by atoms with Crippen molar-refractivity contribution < 1.29 is 65.5 Å². The summed E-state index contributed by atoms with van der Waals surface area (Å²) in [4.78, 5) is 23.5. The molecule has 0 aliphatic carbocycles. The number of nitrogens with one attached hydrogen (secondary N) is 1. The van der Waals surface area contributed by atoms with Crippen LogP contribution >= 0.6 is 7.60 Å². The van der Waals surface area contributed by atoms with Crippen molar-refractivity contribution in [3.05, 3.63) is 90.0 Å². The maximum atomic E-state index is 13.8. The first-order valence-corrected chi connectivity index (χ1v) is 22.3. The number of aliphatic hydroxyl groups excluding tert-OH is 1. The molecule has 2 heterocycles. The monoisotopic (exact) mass is 850 g/mol. The number of benzene rings is 3. The number of carboxylic acid groups (broad SMARTS) is 1. The lowest BCUT2D eigenvalue weighted by atomic mass is 10.0. The van der Waals surface area contributed by atoms with Gasteiger partial charge in [0.1, 0.15) is 17.6 Å². The van der Waals surface area contributed by atoms with E-state index in [9.17, 15) is 27.7 Å². The fraction of sp³-hybridized carbons (Fsp3) is 0.500. The van der Waals surface area contributed by atoms with Crippen molar-refractivity contribution in [2.75, 3.05) is 53.0 Å². The Balaban J connectivity index is 0.000000727. The number of carboxylic acids is 1. The van der Waals surface area contributed by atoms with Gasteiger partial charge in [-0.05, 0) is 86.7 Å². The van der Waals surface area contributed by atoms with Crippen LogP contribution in [0.1, 0.15) is 50.0 Å². The van der Waals surface area contributed by atoms with Crippen molar-refractivity contribution >= 4 is 29.7 Å². The topological polar surface area (TPSA) is 206 Å². The molecule has 1 unspecified atom stereocenters. The van der Waals surface area contributed by atoms with Gasteiger partial charge in [-0.15, -0.1) is 0 Å². The highest BCUT2D eigenvalue weighted by atomic mass is 32.2. The first kappa shape index (κ1) is 46.6. The highest BCUT2D eigenvalue weighted by Crippen LogP contribution is 2.48. The van der Waals surface area contributed by atoms with Gasteiger partial charge in [-0.1, -0.05) is 44.2 Å². The van der Waals surface area contributed by atoms with Crippen molar-refractivity contribution in [3.8, 4) is 11.5 Å². The van der Waals surface area contributed by atoms with Crippen molar-refractivity contribution in [1.29, 1.82) is 0 Å². The number of amides is 1. The molecule has 2 fully saturated rings. The SMILES string of the molecule is CCOP(=O)(COc1ccc(C[C@H](NC(=O)OC2CO[C@H]3OCC[C@@H]23)[C@H](O)CN(CC(C)C)S(=O)(=O)c2ccc(OC)cc2)cc1)OCC.O=C(O)c1ccccc1. The molecular weight excluding hydrogens is 795 g/mol. The number of carbonyl (C=O) groups excluding carboxylic acids is 1. The van der Waals surface area contributed by atoms with Gasteiger partial charge in [0.05, 0.1) is 62.1 Å². The summed E-state index contributed by atoms with van der Waals surface area (Å²) >= 11 is 0. The second-order valence-electron chi connectivity index (χ2n) is 13.9. The number of hydrogen-bond donors (Lipinski definition) is 3. The normalized spacial score (nSPS) is 18.8. The van der Waals surface area contributed by atoms with Crippen molar-refractivity contribution in [1.82, 2.24) is 9.62 Å². The quantitative estimate of drug-likeness (QED) is 0.115. The van der Waals surface area contributed by atoms with E-state index in [1.54, 1.807) is 80.6 Å². The minimum absolute atomic E-state index is 0.0495. The van der Waals surface area contributed by atoms with E-state index in [1.165, 1.54) is 23.5 Å². The zero-order valence-electron chi connectivity index (χ0n) is 33.4. The fourth-order valence-corrected chi connectivity index (χ4v) is 9.22. The predicted molar refractivity (Wildman–Crippen MR) is 213 cm³/mol. The Kier molecular flexibility index (Phi) is 18.0. The second kappa shape index (κ2) is 22.3. The van der Waals surface area contributed by atoms with Crippen molar-refractivity contribution in [3.63, 3.8) is 0 Å². The molecular formula is C40H55N2O14PS. The molecule has 5 rings (SSSR count). The van der Waals surface area contributed by atoms with Crippen LogP contribution < -0.4 is 14.8 Å². The molecule has 0 aromatic heterocycles. The van der Waals surface area contributed by atoms with Gasteiger partial charge in [-0.2, -0.15) is 4.31 Å². The van der Waals surface area contributed by atoms with Crippen LogP contribution in [0, 0.1) is 11.8 Å². The molecule has 0 saturated carbocycles. The smallest absolute Gasteiger partial charge is 0.407 e. The lowest BCUT2D eigenvalue weighted by molar-refractivity contribution is -0.0907. The number of methoxy groups -OCH3 is 1. The summed E-state index contributed by atoms with van der Waals surface area (Å²) < 4.78 is 79.8. The first-order chi connectivity index (χ1) is 27.7. The molecule has 2 aliphatic heterocycles. The van der Waals surface area contributed by atoms with Crippen LogP contribution in [0.25, 0.3) is 0 Å². The summed E-state index contributed by atoms with van der Waals surface area (Å²) in [6, 6.07) is 20.2. The van der Waals surface area contributed by atoms with E-state index in [1.807, 2.05) is 13.8 Å². The van der Waals surface area contributed by atoms with Crippen LogP contribution in [-0.4, -0.2) is 113 Å². The van der Waals surface area contributed by atoms with Crippen LogP contribution in [-0.2, 0) is 44.3 Å². The summed E-state index contributed by atoms with van der Waals surface area (Å²) in [5.41, 5.74) is 1.04. The third-order valence-electron chi connectivity index (χ3n) is 9.11. The third kappa shape index (κ3) is 13.8. The minimum atomic E-state index is -4.03. The molecule has 1 amide bonds. The Morgan fingerprint density at radius 3 is 2.14 bits per heavy atom. The van der Waals surface area contributed by atoms with Crippen molar-refractivity contribution in [2.45, 2.75) is 70.0 Å². The molecule has 18 heteroatoms. The van der Waals surface area contributed by atoms with Gasteiger partial charge in [-0.25, -0.2) is 18.0 Å². The van der Waals surface area contributed by atoms with E-state index in [2.05, 4.69) is 5.32 Å². The van der Waals surface area contributed by atoms with Crippen LogP contribution in [0.4, 0.5) is 4.79 Å². The van der Waals surface area contributed by atoms with Gasteiger partial charge in [-0.3, -0.25) is 4.57 Å². The van der Waals surface area contributed by atoms with Gasteiger partial charge < -0.3 is 48.3 Å². The highest BCUT2D eigenvalue weighted by Gasteiger charge is 2.44. The Morgan fingerprint density at radius 1 is 0.931 bits per heavy atom. The Bertz CT molecular complexity index is 1870. The molecule has 0 radical (unpaired) electrons. The molecule has 0 bridgehead atoms. The number of aliphatic hydroxyl groups is 1. The second-order valence-corrected chi connectivity index (χ2v) is 17.9. The zero-order valence-corrected chi connectivity index (χ0v) is 35.1. The van der Waals surface area contributed by atoms with Crippen molar-refractivity contribution in [2.24, 2.45) is 11.8 Å². The van der Waals surface area contributed by atoms with Gasteiger partial charge in [0.15, 0.2) is 12.6 Å². The molecule has 3 N–H and O–H groups in total. The van der Waals surface area contributed by atoms with E-state index < -0.39 is 54.2 Å². The number of fused-ring (bicyclic) bond motifs is 1. The van der Waals surface area contributed by atoms with Crippen LogP contribution in [0.15, 0.2) is 83.8 Å². The molecule has 58 heavy (non-hydrogen) atoms. The largest absolute Gasteiger partial charge is 0.497 e. The average Bonchev–Trinajstić information content (AvgIpc) is 3.83. The zero-order chi connectivity index (χ0) is 42.3. The Hall–Kier alpha value is -4.06. The number of rotatable bonds is 20. The standard InChI is InChI=1S/C33H49N2O12PS.C7H6O2/c1-6-45-48(38,46-7-2)22-44-26-10-8-24(9-11-26)18-29(34-33(37)47-31-21-43-32-28(31)16-17-42-32)30(36)20-35(19-23(3)4)49(39,40)27-14-12-25(41-5)13-15-27;8-7(9)6-4-2-1-3-5-6/h8-15,23,28-32,36H,6-7,16-22H2,1-5H3,(H,34,37);1-5H,(H,8,9)/t28-,29-,30+,31?,32+;/m0./s1. The average molecular weight is 851 g/mol. The van der Waals surface area contributed by atoms with E-state index in [-0.39, 0.29) is 62.4 Å². The maximum Gasteiger partial charge on any atom is 0.407 e. The molecule has 2 aliphatic rings. The third-order valence-corrected chi connectivity index (χ3v) is 12.7. The number of aromatic carboxylic acids is 1. The molecule has 5 atom stereocenters. The molecule has 320 valence electrons. The number of carbonyl (C=O) groups is 2. The fourth-order valence-electron chi connectivity index (χ4n) is 6.28. The van der Waals surface area contributed by atoms with Gasteiger partial charge in [0.2, 0.25) is 10.0 Å². The maximum absolute atomic E-state index is 13.8. The number of nitrogens with zero attached hydrogens (tertiary/aromatic N) is 1.